The molecule has 3 aromatic heterocycles. The highest BCUT2D eigenvalue weighted by Crippen LogP contribution is 2.24. The van der Waals surface area contributed by atoms with E-state index in [1.807, 2.05) is 47.9 Å². The van der Waals surface area contributed by atoms with E-state index in [1.54, 1.807) is 25.4 Å². The third kappa shape index (κ3) is 4.98. The molecule has 0 aliphatic rings. The van der Waals surface area contributed by atoms with Crippen LogP contribution >= 0.6 is 0 Å². The van der Waals surface area contributed by atoms with Crippen molar-refractivity contribution in [1.29, 1.82) is 0 Å². The average molecular weight is 485 g/mol. The number of aromatic nitrogens is 4. The maximum absolute atomic E-state index is 13.8. The molecule has 0 saturated carbocycles. The Hall–Kier alpha value is -4.07. The molecule has 0 spiro atoms. The van der Waals surface area contributed by atoms with E-state index in [0.717, 1.165) is 42.7 Å². The number of anilines is 1. The number of carbonyl (C=O) groups excluding carboxylic acids is 1. The Morgan fingerprint density at radius 2 is 1.69 bits per heavy atom. The van der Waals surface area contributed by atoms with E-state index >= 15 is 0 Å². The van der Waals surface area contributed by atoms with Crippen LogP contribution < -0.4 is 15.6 Å². The minimum atomic E-state index is -0.420. The van der Waals surface area contributed by atoms with Gasteiger partial charge in [-0.3, -0.25) is 19.1 Å². The molecule has 1 N–H and O–H groups in total. The second-order valence-corrected chi connectivity index (χ2v) is 8.88. The number of rotatable bonds is 9. The first-order valence-electron chi connectivity index (χ1n) is 12.4. The van der Waals surface area contributed by atoms with Crippen LogP contribution in [0, 0.1) is 13.8 Å². The van der Waals surface area contributed by atoms with E-state index in [2.05, 4.69) is 39.2 Å². The first-order valence-corrected chi connectivity index (χ1v) is 12.4. The van der Waals surface area contributed by atoms with Gasteiger partial charge in [-0.15, -0.1) is 10.2 Å². The van der Waals surface area contributed by atoms with Crippen molar-refractivity contribution in [3.8, 4) is 5.69 Å². The summed E-state index contributed by atoms with van der Waals surface area (Å²) in [6.45, 7) is 9.91. The Labute approximate surface area is 211 Å². The predicted molar refractivity (Wildman–Crippen MR) is 143 cm³/mol. The van der Waals surface area contributed by atoms with Gasteiger partial charge >= 0.3 is 0 Å². The zero-order valence-corrected chi connectivity index (χ0v) is 21.3. The van der Waals surface area contributed by atoms with E-state index in [9.17, 15) is 9.59 Å². The summed E-state index contributed by atoms with van der Waals surface area (Å²) in [6.07, 6.45) is 5.24. The van der Waals surface area contributed by atoms with Crippen LogP contribution in [0.1, 0.15) is 53.9 Å². The summed E-state index contributed by atoms with van der Waals surface area (Å²) >= 11 is 0. The molecule has 0 bridgehead atoms. The summed E-state index contributed by atoms with van der Waals surface area (Å²) < 4.78 is 1.87. The van der Waals surface area contributed by atoms with Gasteiger partial charge < -0.3 is 10.2 Å². The van der Waals surface area contributed by atoms with Crippen molar-refractivity contribution < 1.29 is 4.79 Å². The van der Waals surface area contributed by atoms with Crippen LogP contribution in [-0.2, 0) is 6.54 Å². The van der Waals surface area contributed by atoms with Gasteiger partial charge in [0.15, 0.2) is 11.5 Å². The van der Waals surface area contributed by atoms with Crippen LogP contribution in [0.2, 0.25) is 0 Å². The van der Waals surface area contributed by atoms with Crippen LogP contribution in [0.4, 0.5) is 5.82 Å². The quantitative estimate of drug-likeness (QED) is 0.380. The molecule has 36 heavy (non-hydrogen) atoms. The molecule has 0 fully saturated rings. The molecule has 4 rings (SSSR count). The minimum absolute atomic E-state index is 0.108. The number of pyridine rings is 2. The molecule has 1 amide bonds. The Morgan fingerprint density at radius 3 is 2.36 bits per heavy atom. The summed E-state index contributed by atoms with van der Waals surface area (Å²) in [7, 11) is 0. The molecule has 0 radical (unpaired) electrons. The number of fused-ring (bicyclic) bond motifs is 1. The first kappa shape index (κ1) is 25.0. The van der Waals surface area contributed by atoms with Gasteiger partial charge in [-0.2, -0.15) is 0 Å². The Balaban J connectivity index is 1.91. The number of hydrogen-bond acceptors (Lipinski definition) is 6. The molecule has 4 aromatic rings. The van der Waals surface area contributed by atoms with E-state index in [-0.39, 0.29) is 11.0 Å². The summed E-state index contributed by atoms with van der Waals surface area (Å²) in [5.74, 6) is 0.225. The molecular weight excluding hydrogens is 452 g/mol. The first-order chi connectivity index (χ1) is 17.5. The maximum atomic E-state index is 13.8. The summed E-state index contributed by atoms with van der Waals surface area (Å²) in [5, 5.41) is 12.3. The van der Waals surface area contributed by atoms with E-state index in [0.29, 0.717) is 29.1 Å². The highest BCUT2D eigenvalue weighted by atomic mass is 16.2. The number of hydrogen-bond donors (Lipinski definition) is 1. The van der Waals surface area contributed by atoms with Gasteiger partial charge in [0.05, 0.1) is 11.1 Å². The SMILES string of the molecule is CCCN(CCC)c1cc2c(=O)c(C(=O)NCc3ccncc3)c(C)n(-c3ccccc3C)c2nn1. The molecule has 186 valence electrons. The van der Waals surface area contributed by atoms with E-state index in [4.69, 9.17) is 0 Å². The Kier molecular flexibility index (Phi) is 7.73. The second-order valence-electron chi connectivity index (χ2n) is 8.88. The van der Waals surface area contributed by atoms with Crippen LogP contribution in [0.5, 0.6) is 0 Å². The highest BCUT2D eigenvalue weighted by molar-refractivity contribution is 5.99. The van der Waals surface area contributed by atoms with Crippen LogP contribution in [0.25, 0.3) is 16.7 Å². The molecule has 0 aliphatic carbocycles. The summed E-state index contributed by atoms with van der Waals surface area (Å²) in [5.41, 5.74) is 3.48. The van der Waals surface area contributed by atoms with Gasteiger partial charge in [0.25, 0.3) is 5.91 Å². The van der Waals surface area contributed by atoms with Gasteiger partial charge in [0.1, 0.15) is 5.56 Å². The third-order valence-corrected chi connectivity index (χ3v) is 6.24. The zero-order valence-electron chi connectivity index (χ0n) is 21.3. The minimum Gasteiger partial charge on any atom is -0.355 e. The topological polar surface area (TPSA) is 93.0 Å². The lowest BCUT2D eigenvalue weighted by Crippen LogP contribution is -2.32. The maximum Gasteiger partial charge on any atom is 0.257 e. The molecule has 0 saturated heterocycles. The van der Waals surface area contributed by atoms with Crippen molar-refractivity contribution in [3.05, 3.63) is 87.5 Å². The number of nitrogens with zero attached hydrogens (tertiary/aromatic N) is 5. The molecule has 0 unspecified atom stereocenters. The van der Waals surface area contributed by atoms with Gasteiger partial charge in [-0.05, 0) is 62.1 Å². The number of nitrogens with one attached hydrogen (secondary N) is 1. The van der Waals surface area contributed by atoms with Gasteiger partial charge in [0.2, 0.25) is 5.43 Å². The number of amides is 1. The summed E-state index contributed by atoms with van der Waals surface area (Å²) in [4.78, 5) is 33.3. The number of carbonyl (C=O) groups is 1. The number of benzene rings is 1. The lowest BCUT2D eigenvalue weighted by atomic mass is 10.1. The second kappa shape index (κ2) is 11.1. The van der Waals surface area contributed by atoms with Gasteiger partial charge in [-0.1, -0.05) is 32.0 Å². The van der Waals surface area contributed by atoms with Crippen molar-refractivity contribution in [2.75, 3.05) is 18.0 Å². The van der Waals surface area contributed by atoms with E-state index < -0.39 is 5.91 Å². The zero-order chi connectivity index (χ0) is 25.7. The van der Waals surface area contributed by atoms with Gasteiger partial charge in [0, 0.05) is 37.7 Å². The molecule has 8 nitrogen and oxygen atoms in total. The predicted octanol–water partition coefficient (Wildman–Crippen LogP) is 4.35. The van der Waals surface area contributed by atoms with Crippen molar-refractivity contribution in [2.45, 2.75) is 47.1 Å². The van der Waals surface area contributed by atoms with Crippen molar-refractivity contribution in [1.82, 2.24) is 25.1 Å². The van der Waals surface area contributed by atoms with E-state index in [1.165, 1.54) is 0 Å². The third-order valence-electron chi connectivity index (χ3n) is 6.24. The lowest BCUT2D eigenvalue weighted by Gasteiger charge is -2.23. The normalized spacial score (nSPS) is 11.0. The van der Waals surface area contributed by atoms with Crippen molar-refractivity contribution >= 4 is 22.8 Å². The monoisotopic (exact) mass is 484 g/mol. The molecule has 1 aromatic carbocycles. The van der Waals surface area contributed by atoms with Crippen LogP contribution in [-0.4, -0.2) is 38.7 Å². The average Bonchev–Trinajstić information content (AvgIpc) is 2.89. The summed E-state index contributed by atoms with van der Waals surface area (Å²) in [6, 6.07) is 13.3. The van der Waals surface area contributed by atoms with Crippen LogP contribution in [0.15, 0.2) is 59.7 Å². The fourth-order valence-corrected chi connectivity index (χ4v) is 4.46. The fraction of sp³-hybridized carbons (Fsp3) is 0.321. The van der Waals surface area contributed by atoms with Crippen molar-refractivity contribution in [3.63, 3.8) is 0 Å². The lowest BCUT2D eigenvalue weighted by molar-refractivity contribution is 0.0948. The number of para-hydroxylation sites is 1. The Morgan fingerprint density at radius 1 is 1.00 bits per heavy atom. The number of aryl methyl sites for hydroxylation is 1. The molecule has 8 heteroatoms. The molecule has 0 aliphatic heterocycles. The van der Waals surface area contributed by atoms with Crippen LogP contribution in [0.3, 0.4) is 0 Å². The van der Waals surface area contributed by atoms with Crippen molar-refractivity contribution in [2.24, 2.45) is 0 Å². The smallest absolute Gasteiger partial charge is 0.257 e. The molecular formula is C28H32N6O2. The highest BCUT2D eigenvalue weighted by Gasteiger charge is 2.23. The largest absolute Gasteiger partial charge is 0.355 e. The molecule has 3 heterocycles. The fourth-order valence-electron chi connectivity index (χ4n) is 4.46. The standard InChI is InChI=1S/C28H32N6O2/c1-5-15-33(16-6-2)24-17-22-26(35)25(28(36)30-18-21-11-13-29-14-12-21)20(4)34(27(22)32-31-24)23-10-8-7-9-19(23)3/h7-14,17H,5-6,15-16,18H2,1-4H3,(H,30,36). The molecule has 0 atom stereocenters. The Bertz CT molecular complexity index is 1430. The van der Waals surface area contributed by atoms with Gasteiger partial charge in [-0.25, -0.2) is 0 Å².